The molecule has 0 spiro atoms. The molecule has 0 aliphatic rings. The van der Waals surface area contributed by atoms with Gasteiger partial charge in [-0.1, -0.05) is 24.3 Å². The van der Waals surface area contributed by atoms with E-state index in [1.807, 2.05) is 30.3 Å². The highest BCUT2D eigenvalue weighted by atomic mass is 32.1. The highest BCUT2D eigenvalue weighted by Crippen LogP contribution is 2.35. The third-order valence-electron chi connectivity index (χ3n) is 3.63. The van der Waals surface area contributed by atoms with Crippen LogP contribution in [0.2, 0.25) is 0 Å². The van der Waals surface area contributed by atoms with Gasteiger partial charge in [-0.15, -0.1) is 11.3 Å². The summed E-state index contributed by atoms with van der Waals surface area (Å²) >= 11 is 1.36. The van der Waals surface area contributed by atoms with Gasteiger partial charge in [-0.05, 0) is 35.6 Å². The number of fused-ring (bicyclic) bond motifs is 1. The smallest absolute Gasteiger partial charge is 0.346 e. The summed E-state index contributed by atoms with van der Waals surface area (Å²) in [4.78, 5) is 35.0. The van der Waals surface area contributed by atoms with Crippen LogP contribution in [-0.2, 0) is 15.5 Å². The Balaban J connectivity index is 1.74. The number of nitrogens with zero attached hydrogens (tertiary/aromatic N) is 1. The van der Waals surface area contributed by atoms with Gasteiger partial charge in [0, 0.05) is 17.1 Å². The zero-order chi connectivity index (χ0) is 18.6. The Morgan fingerprint density at radius 3 is 2.77 bits per heavy atom. The number of rotatable bonds is 7. The Morgan fingerprint density at radius 2 is 2.08 bits per heavy atom. The Morgan fingerprint density at radius 1 is 1.27 bits per heavy atom. The molecule has 9 heteroatoms. The lowest BCUT2D eigenvalue weighted by Gasteiger charge is -2.18. The average molecular weight is 392 g/mol. The Hall–Kier alpha value is -2.09. The van der Waals surface area contributed by atoms with Crippen molar-refractivity contribution < 1.29 is 23.7 Å². The van der Waals surface area contributed by atoms with Crippen LogP contribution in [0.25, 0.3) is 10.1 Å². The van der Waals surface area contributed by atoms with E-state index >= 15 is 0 Å². The number of aromatic nitrogens is 1. The molecule has 3 rings (SSSR count). The van der Waals surface area contributed by atoms with E-state index in [4.69, 9.17) is 9.79 Å². The summed E-state index contributed by atoms with van der Waals surface area (Å²) in [5.74, 6) is -0.311. The molecule has 1 atom stereocenters. The molecule has 2 heterocycles. The second kappa shape index (κ2) is 8.07. The molecule has 0 radical (unpaired) electrons. The molecule has 3 N–H and O–H groups in total. The predicted octanol–water partition coefficient (Wildman–Crippen LogP) is 2.75. The molecular weight excluding hydrogens is 375 g/mol. The van der Waals surface area contributed by atoms with E-state index in [0.717, 1.165) is 15.6 Å². The normalized spacial score (nSPS) is 12.8. The zero-order valence-electron chi connectivity index (χ0n) is 13.6. The summed E-state index contributed by atoms with van der Waals surface area (Å²) in [6.07, 6.45) is 3.60. The number of amides is 1. The van der Waals surface area contributed by atoms with Crippen LogP contribution in [0.15, 0.2) is 54.9 Å². The van der Waals surface area contributed by atoms with E-state index in [9.17, 15) is 9.36 Å². The second-order valence-electron chi connectivity index (χ2n) is 5.67. The van der Waals surface area contributed by atoms with E-state index in [1.165, 1.54) is 11.3 Å². The van der Waals surface area contributed by atoms with Crippen LogP contribution in [0.4, 0.5) is 0 Å². The predicted molar refractivity (Wildman–Crippen MR) is 99.0 cm³/mol. The Kier molecular flexibility index (Phi) is 5.80. The van der Waals surface area contributed by atoms with Gasteiger partial charge in [-0.3, -0.25) is 14.3 Å². The van der Waals surface area contributed by atoms with Gasteiger partial charge >= 0.3 is 7.82 Å². The molecule has 0 aliphatic heterocycles. The first-order chi connectivity index (χ1) is 12.4. The molecule has 0 bridgehead atoms. The molecule has 0 unspecified atom stereocenters. The van der Waals surface area contributed by atoms with Crippen LogP contribution in [0.5, 0.6) is 0 Å². The van der Waals surface area contributed by atoms with Gasteiger partial charge in [0.25, 0.3) is 5.91 Å². The van der Waals surface area contributed by atoms with Crippen molar-refractivity contribution in [1.29, 1.82) is 0 Å². The van der Waals surface area contributed by atoms with E-state index in [0.29, 0.717) is 11.3 Å². The number of thiophene rings is 1. The van der Waals surface area contributed by atoms with E-state index in [-0.39, 0.29) is 12.5 Å². The fourth-order valence-electron chi connectivity index (χ4n) is 2.49. The summed E-state index contributed by atoms with van der Waals surface area (Å²) in [6, 6.07) is 12.4. The summed E-state index contributed by atoms with van der Waals surface area (Å²) in [5.41, 5.74) is 0.823. The summed E-state index contributed by atoms with van der Waals surface area (Å²) < 4.78 is 16.6. The number of hydrogen-bond donors (Lipinski definition) is 3. The number of carbonyl (C=O) groups is 1. The standard InChI is InChI=1S/C17H17N2O5PS/c20-17(16-9-13-5-1-2-6-15(13)26-16)19-14(11-24-25(21,22)23)8-12-4-3-7-18-10-12/h1-7,9-10,14H,8,11H2,(H,19,20)(H2,21,22,23)/t14-/m1/s1. The summed E-state index contributed by atoms with van der Waals surface area (Å²) in [6.45, 7) is -0.310. The van der Waals surface area contributed by atoms with Gasteiger partial charge in [0.05, 0.1) is 17.5 Å². The Labute approximate surface area is 153 Å². The van der Waals surface area contributed by atoms with Crippen LogP contribution < -0.4 is 5.32 Å². The maximum atomic E-state index is 12.6. The minimum atomic E-state index is -4.63. The largest absolute Gasteiger partial charge is 0.469 e. The number of hydrogen-bond acceptors (Lipinski definition) is 5. The molecule has 136 valence electrons. The molecule has 26 heavy (non-hydrogen) atoms. The lowest BCUT2D eigenvalue weighted by molar-refractivity contribution is 0.0913. The first-order valence-corrected chi connectivity index (χ1v) is 10.1. The van der Waals surface area contributed by atoms with Gasteiger partial charge in [0.15, 0.2) is 0 Å². The average Bonchev–Trinajstić information content (AvgIpc) is 3.04. The van der Waals surface area contributed by atoms with Crippen LogP contribution in [-0.4, -0.2) is 33.3 Å². The lowest BCUT2D eigenvalue weighted by Crippen LogP contribution is -2.39. The fourth-order valence-corrected chi connectivity index (χ4v) is 3.83. The van der Waals surface area contributed by atoms with Crippen molar-refractivity contribution in [2.75, 3.05) is 6.61 Å². The number of pyridine rings is 1. The van der Waals surface area contributed by atoms with E-state index < -0.39 is 13.9 Å². The highest BCUT2D eigenvalue weighted by molar-refractivity contribution is 7.46. The van der Waals surface area contributed by atoms with Crippen molar-refractivity contribution in [3.8, 4) is 0 Å². The van der Waals surface area contributed by atoms with Crippen molar-refractivity contribution in [3.63, 3.8) is 0 Å². The number of benzene rings is 1. The van der Waals surface area contributed by atoms with Crippen LogP contribution in [0.1, 0.15) is 15.2 Å². The van der Waals surface area contributed by atoms with Gasteiger partial charge in [0.1, 0.15) is 0 Å². The maximum Gasteiger partial charge on any atom is 0.469 e. The molecule has 0 saturated heterocycles. The third kappa shape index (κ3) is 5.20. The van der Waals surface area contributed by atoms with Gasteiger partial charge in [-0.25, -0.2) is 4.57 Å². The van der Waals surface area contributed by atoms with E-state index in [2.05, 4.69) is 14.8 Å². The lowest BCUT2D eigenvalue weighted by atomic mass is 10.1. The number of phosphoric ester groups is 1. The van der Waals surface area contributed by atoms with Crippen LogP contribution in [0, 0.1) is 0 Å². The van der Waals surface area contributed by atoms with Crippen molar-refractivity contribution >= 4 is 35.2 Å². The Bertz CT molecular complexity index is 907. The monoisotopic (exact) mass is 392 g/mol. The number of phosphoric acid groups is 1. The number of nitrogens with one attached hydrogen (secondary N) is 1. The first kappa shape index (κ1) is 18.7. The molecule has 0 fully saturated rings. The SMILES string of the molecule is O=C(N[C@@H](COP(=O)(O)O)Cc1cccnc1)c1cc2ccccc2s1. The maximum absolute atomic E-state index is 12.6. The number of carbonyl (C=O) groups excluding carboxylic acids is 1. The first-order valence-electron chi connectivity index (χ1n) is 7.79. The molecular formula is C17H17N2O5PS. The summed E-state index contributed by atoms with van der Waals surface area (Å²) in [7, 11) is -4.63. The van der Waals surface area contributed by atoms with E-state index in [1.54, 1.807) is 24.5 Å². The van der Waals surface area contributed by atoms with Crippen molar-refractivity contribution in [2.24, 2.45) is 0 Å². The fraction of sp³-hybridized carbons (Fsp3) is 0.176. The molecule has 7 nitrogen and oxygen atoms in total. The van der Waals surface area contributed by atoms with Crippen LogP contribution in [0.3, 0.4) is 0 Å². The molecule has 0 aliphatic carbocycles. The summed E-state index contributed by atoms with van der Waals surface area (Å²) in [5, 5.41) is 3.76. The third-order valence-corrected chi connectivity index (χ3v) is 5.23. The topological polar surface area (TPSA) is 109 Å². The molecule has 3 aromatic rings. The zero-order valence-corrected chi connectivity index (χ0v) is 15.3. The molecule has 1 amide bonds. The molecule has 0 saturated carbocycles. The highest BCUT2D eigenvalue weighted by Gasteiger charge is 2.21. The molecule has 2 aromatic heterocycles. The van der Waals surface area contributed by atoms with Gasteiger partial charge < -0.3 is 15.1 Å². The van der Waals surface area contributed by atoms with Crippen molar-refractivity contribution in [2.45, 2.75) is 12.5 Å². The minimum absolute atomic E-state index is 0.310. The van der Waals surface area contributed by atoms with Gasteiger partial charge in [-0.2, -0.15) is 0 Å². The van der Waals surface area contributed by atoms with Crippen LogP contribution >= 0.6 is 19.2 Å². The molecule has 1 aromatic carbocycles. The second-order valence-corrected chi connectivity index (χ2v) is 7.99. The van der Waals surface area contributed by atoms with Crippen molar-refractivity contribution in [1.82, 2.24) is 10.3 Å². The van der Waals surface area contributed by atoms with Crippen molar-refractivity contribution in [3.05, 3.63) is 65.3 Å². The quantitative estimate of drug-likeness (QED) is 0.534. The minimum Gasteiger partial charge on any atom is -0.346 e. The van der Waals surface area contributed by atoms with Gasteiger partial charge in [0.2, 0.25) is 0 Å².